The molecule has 0 aliphatic heterocycles. The topological polar surface area (TPSA) is 43.8 Å². The highest BCUT2D eigenvalue weighted by molar-refractivity contribution is 5.19. The van der Waals surface area contributed by atoms with E-state index >= 15 is 0 Å². The zero-order valence-electron chi connectivity index (χ0n) is 12.0. The number of hydrogen-bond donors (Lipinski definition) is 1. The van der Waals surface area contributed by atoms with E-state index in [1.165, 1.54) is 5.56 Å². The third-order valence-corrected chi connectivity index (χ3v) is 3.52. The van der Waals surface area contributed by atoms with E-state index in [9.17, 15) is 0 Å². The summed E-state index contributed by atoms with van der Waals surface area (Å²) in [7, 11) is 0. The van der Waals surface area contributed by atoms with Crippen LogP contribution >= 0.6 is 0 Å². The van der Waals surface area contributed by atoms with E-state index in [-0.39, 0.29) is 6.04 Å². The summed E-state index contributed by atoms with van der Waals surface area (Å²) in [6.45, 7) is 6.46. The standard InChI is InChI=1S/C16H23N3/c1-12(2)19-10-9-15(18-19)11-13(3)16(17)14-7-5-4-6-8-14/h4-10,12-13,16H,11,17H2,1-3H3. The first kappa shape index (κ1) is 13.8. The Morgan fingerprint density at radius 1 is 1.11 bits per heavy atom. The van der Waals surface area contributed by atoms with Crippen molar-refractivity contribution in [3.8, 4) is 0 Å². The van der Waals surface area contributed by atoms with Gasteiger partial charge in [-0.2, -0.15) is 5.10 Å². The van der Waals surface area contributed by atoms with E-state index in [2.05, 4.69) is 44.1 Å². The van der Waals surface area contributed by atoms with Gasteiger partial charge >= 0.3 is 0 Å². The first-order valence-electron chi connectivity index (χ1n) is 6.92. The Morgan fingerprint density at radius 2 is 1.79 bits per heavy atom. The smallest absolute Gasteiger partial charge is 0.0628 e. The lowest BCUT2D eigenvalue weighted by Crippen LogP contribution is -2.21. The molecule has 0 fully saturated rings. The van der Waals surface area contributed by atoms with E-state index < -0.39 is 0 Å². The van der Waals surface area contributed by atoms with Gasteiger partial charge in [0, 0.05) is 18.3 Å². The summed E-state index contributed by atoms with van der Waals surface area (Å²) in [6.07, 6.45) is 2.95. The zero-order chi connectivity index (χ0) is 13.8. The predicted molar refractivity (Wildman–Crippen MR) is 78.9 cm³/mol. The molecule has 0 spiro atoms. The third kappa shape index (κ3) is 3.44. The lowest BCUT2D eigenvalue weighted by Gasteiger charge is -2.19. The minimum Gasteiger partial charge on any atom is -0.324 e. The number of rotatable bonds is 5. The summed E-state index contributed by atoms with van der Waals surface area (Å²) in [5, 5.41) is 4.59. The molecule has 0 aliphatic carbocycles. The van der Waals surface area contributed by atoms with Crippen LogP contribution in [0.5, 0.6) is 0 Å². The molecule has 2 aromatic rings. The Hall–Kier alpha value is -1.61. The van der Waals surface area contributed by atoms with Gasteiger partial charge in [0.1, 0.15) is 0 Å². The van der Waals surface area contributed by atoms with Crippen LogP contribution in [-0.2, 0) is 6.42 Å². The van der Waals surface area contributed by atoms with Gasteiger partial charge in [-0.05, 0) is 37.8 Å². The normalized spacial score (nSPS) is 14.6. The lowest BCUT2D eigenvalue weighted by atomic mass is 9.92. The maximum absolute atomic E-state index is 6.32. The van der Waals surface area contributed by atoms with E-state index in [1.807, 2.05) is 29.1 Å². The molecule has 3 nitrogen and oxygen atoms in total. The van der Waals surface area contributed by atoms with Crippen molar-refractivity contribution in [3.63, 3.8) is 0 Å². The molecule has 102 valence electrons. The molecule has 3 heteroatoms. The zero-order valence-corrected chi connectivity index (χ0v) is 12.0. The summed E-state index contributed by atoms with van der Waals surface area (Å²) in [4.78, 5) is 0. The average Bonchev–Trinajstić information content (AvgIpc) is 2.87. The largest absolute Gasteiger partial charge is 0.324 e. The maximum Gasteiger partial charge on any atom is 0.0628 e. The number of nitrogens with zero attached hydrogens (tertiary/aromatic N) is 2. The molecule has 0 amide bonds. The van der Waals surface area contributed by atoms with Crippen molar-refractivity contribution in [2.45, 2.75) is 39.3 Å². The van der Waals surface area contributed by atoms with Crippen LogP contribution in [0.3, 0.4) is 0 Å². The van der Waals surface area contributed by atoms with E-state index in [0.29, 0.717) is 12.0 Å². The van der Waals surface area contributed by atoms with Gasteiger partial charge in [-0.1, -0.05) is 37.3 Å². The third-order valence-electron chi connectivity index (χ3n) is 3.52. The van der Waals surface area contributed by atoms with E-state index in [1.54, 1.807) is 0 Å². The summed E-state index contributed by atoms with van der Waals surface area (Å²) < 4.78 is 2.00. The second-order valence-corrected chi connectivity index (χ2v) is 5.50. The highest BCUT2D eigenvalue weighted by Gasteiger charge is 2.16. The van der Waals surface area contributed by atoms with Crippen LogP contribution in [0.15, 0.2) is 42.6 Å². The summed E-state index contributed by atoms with van der Waals surface area (Å²) >= 11 is 0. The molecular formula is C16H23N3. The quantitative estimate of drug-likeness (QED) is 0.892. The van der Waals surface area contributed by atoms with Crippen LogP contribution in [0.25, 0.3) is 0 Å². The van der Waals surface area contributed by atoms with Gasteiger partial charge in [0.05, 0.1) is 5.69 Å². The van der Waals surface area contributed by atoms with Crippen molar-refractivity contribution in [3.05, 3.63) is 53.9 Å². The van der Waals surface area contributed by atoms with Crippen molar-refractivity contribution >= 4 is 0 Å². The molecule has 2 rings (SSSR count). The minimum atomic E-state index is 0.0606. The summed E-state index contributed by atoms with van der Waals surface area (Å²) in [6, 6.07) is 12.8. The monoisotopic (exact) mass is 257 g/mol. The van der Waals surface area contributed by atoms with Gasteiger partial charge in [-0.3, -0.25) is 4.68 Å². The van der Waals surface area contributed by atoms with Crippen molar-refractivity contribution in [2.24, 2.45) is 11.7 Å². The van der Waals surface area contributed by atoms with Crippen LogP contribution < -0.4 is 5.73 Å². The summed E-state index contributed by atoms with van der Waals surface area (Å²) in [5.74, 6) is 0.373. The molecule has 0 saturated heterocycles. The fourth-order valence-corrected chi connectivity index (χ4v) is 2.23. The fourth-order valence-electron chi connectivity index (χ4n) is 2.23. The van der Waals surface area contributed by atoms with Crippen LogP contribution in [0.1, 0.15) is 44.1 Å². The van der Waals surface area contributed by atoms with Crippen molar-refractivity contribution < 1.29 is 0 Å². The average molecular weight is 257 g/mol. The van der Waals surface area contributed by atoms with Gasteiger partial charge in [0.25, 0.3) is 0 Å². The van der Waals surface area contributed by atoms with E-state index in [0.717, 1.165) is 12.1 Å². The Labute approximate surface area is 115 Å². The number of nitrogens with two attached hydrogens (primary N) is 1. The number of aromatic nitrogens is 2. The van der Waals surface area contributed by atoms with Crippen molar-refractivity contribution in [2.75, 3.05) is 0 Å². The highest BCUT2D eigenvalue weighted by atomic mass is 15.3. The highest BCUT2D eigenvalue weighted by Crippen LogP contribution is 2.22. The second kappa shape index (κ2) is 6.02. The van der Waals surface area contributed by atoms with E-state index in [4.69, 9.17) is 5.73 Å². The van der Waals surface area contributed by atoms with Crippen LogP contribution in [0.4, 0.5) is 0 Å². The van der Waals surface area contributed by atoms with Gasteiger partial charge < -0.3 is 5.73 Å². The first-order valence-corrected chi connectivity index (χ1v) is 6.92. The summed E-state index contributed by atoms with van der Waals surface area (Å²) in [5.41, 5.74) is 8.63. The molecule has 1 aromatic heterocycles. The Kier molecular flexibility index (Phi) is 4.38. The molecule has 2 atom stereocenters. The Morgan fingerprint density at radius 3 is 2.37 bits per heavy atom. The molecule has 0 radical (unpaired) electrons. The molecule has 0 bridgehead atoms. The van der Waals surface area contributed by atoms with Gasteiger partial charge in [-0.15, -0.1) is 0 Å². The maximum atomic E-state index is 6.32. The molecule has 19 heavy (non-hydrogen) atoms. The second-order valence-electron chi connectivity index (χ2n) is 5.50. The molecule has 1 aromatic carbocycles. The predicted octanol–water partition coefficient (Wildman–Crippen LogP) is 3.34. The first-order chi connectivity index (χ1) is 9.08. The molecule has 0 aliphatic rings. The Bertz CT molecular complexity index is 502. The molecule has 2 N–H and O–H groups in total. The lowest BCUT2D eigenvalue weighted by molar-refractivity contribution is 0.454. The van der Waals surface area contributed by atoms with Gasteiger partial charge in [0.15, 0.2) is 0 Å². The minimum absolute atomic E-state index is 0.0606. The van der Waals surface area contributed by atoms with Crippen molar-refractivity contribution in [1.82, 2.24) is 9.78 Å². The number of benzene rings is 1. The molecule has 0 saturated carbocycles. The van der Waals surface area contributed by atoms with Crippen LogP contribution in [0, 0.1) is 5.92 Å². The van der Waals surface area contributed by atoms with Crippen LogP contribution in [-0.4, -0.2) is 9.78 Å². The molecule has 1 heterocycles. The fraction of sp³-hybridized carbons (Fsp3) is 0.438. The SMILES string of the molecule is CC(Cc1ccn(C(C)C)n1)C(N)c1ccccc1. The Balaban J connectivity index is 2.02. The molecular weight excluding hydrogens is 234 g/mol. The van der Waals surface area contributed by atoms with Gasteiger partial charge in [-0.25, -0.2) is 0 Å². The van der Waals surface area contributed by atoms with Gasteiger partial charge in [0.2, 0.25) is 0 Å². The van der Waals surface area contributed by atoms with Crippen molar-refractivity contribution in [1.29, 1.82) is 0 Å². The van der Waals surface area contributed by atoms with Crippen LogP contribution in [0.2, 0.25) is 0 Å². The molecule has 2 unspecified atom stereocenters. The number of hydrogen-bond acceptors (Lipinski definition) is 2.